The highest BCUT2D eigenvalue weighted by molar-refractivity contribution is 9.10. The number of nitrogens with one attached hydrogen (secondary N) is 1. The number of rotatable bonds is 4. The molecule has 0 spiro atoms. The van der Waals surface area contributed by atoms with Gasteiger partial charge in [0, 0.05) is 34.1 Å². The number of aromatic nitrogens is 2. The summed E-state index contributed by atoms with van der Waals surface area (Å²) in [5.41, 5.74) is 2.76. The third-order valence-corrected chi connectivity index (χ3v) is 5.27. The van der Waals surface area contributed by atoms with Gasteiger partial charge in [0.15, 0.2) is 0 Å². The lowest BCUT2D eigenvalue weighted by molar-refractivity contribution is -0.114. The summed E-state index contributed by atoms with van der Waals surface area (Å²) < 4.78 is 7.07. The number of thiophene rings is 1. The minimum atomic E-state index is -0.132. The number of hydrogen-bond donors (Lipinski definition) is 1. The smallest absolute Gasteiger partial charge is 0.231 e. The lowest BCUT2D eigenvalue weighted by Gasteiger charge is -2.09. The van der Waals surface area contributed by atoms with Gasteiger partial charge in [-0.2, -0.15) is 0 Å². The molecule has 2 aromatic carbocycles. The number of carbonyl (C=O) groups is 1. The molecular weight excluding hydrogens is 426 g/mol. The zero-order valence-corrected chi connectivity index (χ0v) is 16.7. The summed E-state index contributed by atoms with van der Waals surface area (Å²) in [5.74, 6) is 0.945. The maximum Gasteiger partial charge on any atom is 0.231 e. The quantitative estimate of drug-likeness (QED) is 0.431. The topological polar surface area (TPSA) is 64.1 Å². The number of hydrogen-bond acceptors (Lipinski definition) is 5. The van der Waals surface area contributed by atoms with E-state index in [0.717, 1.165) is 25.8 Å². The van der Waals surface area contributed by atoms with Crippen LogP contribution in [0.25, 0.3) is 21.3 Å². The van der Waals surface area contributed by atoms with Gasteiger partial charge in [-0.05, 0) is 29.8 Å². The number of ether oxygens (including phenoxy) is 1. The van der Waals surface area contributed by atoms with Crippen molar-refractivity contribution in [2.45, 2.75) is 6.92 Å². The van der Waals surface area contributed by atoms with Gasteiger partial charge in [-0.3, -0.25) is 4.79 Å². The third-order valence-electron chi connectivity index (χ3n) is 3.86. The van der Waals surface area contributed by atoms with E-state index in [1.807, 2.05) is 42.5 Å². The van der Waals surface area contributed by atoms with E-state index in [-0.39, 0.29) is 5.91 Å². The van der Waals surface area contributed by atoms with Crippen molar-refractivity contribution in [3.8, 4) is 22.8 Å². The van der Waals surface area contributed by atoms with Crippen LogP contribution in [0.2, 0.25) is 0 Å². The van der Waals surface area contributed by atoms with Crippen molar-refractivity contribution in [3.63, 3.8) is 0 Å². The van der Waals surface area contributed by atoms with E-state index in [1.54, 1.807) is 17.4 Å². The summed E-state index contributed by atoms with van der Waals surface area (Å²) in [6.45, 7) is 1.47. The van der Waals surface area contributed by atoms with Gasteiger partial charge in [0.05, 0.1) is 5.39 Å². The molecule has 0 bridgehead atoms. The minimum absolute atomic E-state index is 0.132. The number of halogens is 1. The predicted molar refractivity (Wildman–Crippen MR) is 111 cm³/mol. The van der Waals surface area contributed by atoms with E-state index in [0.29, 0.717) is 17.3 Å². The molecule has 0 radical (unpaired) electrons. The van der Waals surface area contributed by atoms with E-state index < -0.39 is 0 Å². The fourth-order valence-electron chi connectivity index (χ4n) is 2.72. The molecule has 0 unspecified atom stereocenters. The number of amides is 1. The van der Waals surface area contributed by atoms with Gasteiger partial charge >= 0.3 is 0 Å². The molecule has 1 N–H and O–H groups in total. The van der Waals surface area contributed by atoms with E-state index in [4.69, 9.17) is 4.74 Å². The van der Waals surface area contributed by atoms with Gasteiger partial charge in [-0.1, -0.05) is 34.1 Å². The fraction of sp³-hybridized carbons (Fsp3) is 0.0500. The summed E-state index contributed by atoms with van der Waals surface area (Å²) in [5, 5.41) is 5.68. The molecule has 134 valence electrons. The largest absolute Gasteiger partial charge is 0.438 e. The number of benzene rings is 2. The first kappa shape index (κ1) is 17.6. The van der Waals surface area contributed by atoms with Gasteiger partial charge < -0.3 is 10.1 Å². The summed E-state index contributed by atoms with van der Waals surface area (Å²) in [7, 11) is 0. The van der Waals surface area contributed by atoms with Crippen molar-refractivity contribution in [3.05, 3.63) is 64.7 Å². The van der Waals surface area contributed by atoms with E-state index in [2.05, 4.69) is 36.6 Å². The highest BCUT2D eigenvalue weighted by atomic mass is 79.9. The third kappa shape index (κ3) is 3.84. The molecule has 2 heterocycles. The molecule has 0 aliphatic carbocycles. The average Bonchev–Trinajstić information content (AvgIpc) is 3.07. The zero-order valence-electron chi connectivity index (χ0n) is 14.3. The fourth-order valence-corrected chi connectivity index (χ4v) is 3.89. The molecule has 5 nitrogen and oxygen atoms in total. The number of fused-ring (bicyclic) bond motifs is 1. The highest BCUT2D eigenvalue weighted by Gasteiger charge is 2.15. The Hall–Kier alpha value is -2.77. The van der Waals surface area contributed by atoms with Crippen LogP contribution in [0.3, 0.4) is 0 Å². The van der Waals surface area contributed by atoms with Crippen molar-refractivity contribution in [2.24, 2.45) is 0 Å². The maximum absolute atomic E-state index is 11.3. The van der Waals surface area contributed by atoms with Crippen molar-refractivity contribution in [2.75, 3.05) is 5.32 Å². The van der Waals surface area contributed by atoms with E-state index in [9.17, 15) is 4.79 Å². The molecule has 7 heteroatoms. The maximum atomic E-state index is 11.3. The Bertz CT molecular complexity index is 1130. The van der Waals surface area contributed by atoms with Crippen molar-refractivity contribution in [1.29, 1.82) is 0 Å². The lowest BCUT2D eigenvalue weighted by Crippen LogP contribution is -2.05. The van der Waals surface area contributed by atoms with Gasteiger partial charge in [0.2, 0.25) is 11.8 Å². The second-order valence-corrected chi connectivity index (χ2v) is 7.60. The Morgan fingerprint density at radius 1 is 1.15 bits per heavy atom. The van der Waals surface area contributed by atoms with Crippen LogP contribution in [0.4, 0.5) is 5.69 Å². The van der Waals surface area contributed by atoms with Crippen LogP contribution in [-0.4, -0.2) is 15.9 Å². The highest BCUT2D eigenvalue weighted by Crippen LogP contribution is 2.39. The molecule has 0 aliphatic rings. The first-order chi connectivity index (χ1) is 13.1. The van der Waals surface area contributed by atoms with Gasteiger partial charge in [-0.25, -0.2) is 9.97 Å². The number of carbonyl (C=O) groups excluding carboxylic acids is 1. The Morgan fingerprint density at radius 3 is 2.74 bits per heavy atom. The molecule has 1 amide bonds. The standard InChI is InChI=1S/C20H14BrN3O2S/c1-12(25)24-15-3-2-4-16(9-15)26-19-18-17(10-27-20(18)23-11-22-19)13-5-7-14(21)8-6-13/h2-11H,1H3,(H,24,25). The van der Waals surface area contributed by atoms with E-state index in [1.165, 1.54) is 13.3 Å². The second-order valence-electron chi connectivity index (χ2n) is 5.83. The van der Waals surface area contributed by atoms with Gasteiger partial charge in [0.1, 0.15) is 16.9 Å². The molecule has 0 saturated heterocycles. The van der Waals surface area contributed by atoms with Crippen LogP contribution in [0.15, 0.2) is 64.7 Å². The molecule has 0 aliphatic heterocycles. The summed E-state index contributed by atoms with van der Waals surface area (Å²) >= 11 is 5.01. The predicted octanol–water partition coefficient (Wildman–Crippen LogP) is 5.87. The molecular formula is C20H14BrN3O2S. The van der Waals surface area contributed by atoms with Gasteiger partial charge in [-0.15, -0.1) is 11.3 Å². The molecule has 4 rings (SSSR count). The number of nitrogens with zero attached hydrogens (tertiary/aromatic N) is 2. The van der Waals surface area contributed by atoms with Crippen LogP contribution in [0.1, 0.15) is 6.92 Å². The van der Waals surface area contributed by atoms with Crippen LogP contribution in [-0.2, 0) is 4.79 Å². The molecule has 2 aromatic heterocycles. The minimum Gasteiger partial charge on any atom is -0.438 e. The molecule has 27 heavy (non-hydrogen) atoms. The Kier molecular flexibility index (Phi) is 4.87. The van der Waals surface area contributed by atoms with E-state index >= 15 is 0 Å². The summed E-state index contributed by atoms with van der Waals surface area (Å²) in [6.07, 6.45) is 1.50. The molecule has 0 fully saturated rings. The Morgan fingerprint density at radius 2 is 1.96 bits per heavy atom. The zero-order chi connectivity index (χ0) is 18.8. The molecule has 4 aromatic rings. The molecule has 0 atom stereocenters. The second kappa shape index (κ2) is 7.46. The first-order valence-electron chi connectivity index (χ1n) is 8.14. The average molecular weight is 440 g/mol. The van der Waals surface area contributed by atoms with Crippen LogP contribution < -0.4 is 10.1 Å². The van der Waals surface area contributed by atoms with Crippen LogP contribution >= 0.6 is 27.3 Å². The lowest BCUT2D eigenvalue weighted by atomic mass is 10.1. The normalized spacial score (nSPS) is 10.7. The monoisotopic (exact) mass is 439 g/mol. The first-order valence-corrected chi connectivity index (χ1v) is 9.81. The van der Waals surface area contributed by atoms with Crippen LogP contribution in [0, 0.1) is 0 Å². The van der Waals surface area contributed by atoms with Crippen molar-refractivity contribution >= 4 is 49.1 Å². The molecule has 0 saturated carbocycles. The number of anilines is 1. The van der Waals surface area contributed by atoms with Crippen LogP contribution in [0.5, 0.6) is 11.6 Å². The Balaban J connectivity index is 1.75. The SMILES string of the molecule is CC(=O)Nc1cccc(Oc2ncnc3scc(-c4ccc(Br)cc4)c23)c1. The summed E-state index contributed by atoms with van der Waals surface area (Å²) in [4.78, 5) is 20.8. The summed E-state index contributed by atoms with van der Waals surface area (Å²) in [6, 6.07) is 15.3. The van der Waals surface area contributed by atoms with Gasteiger partial charge in [0.25, 0.3) is 0 Å². The Labute approximate surface area is 168 Å². The van der Waals surface area contributed by atoms with Crippen molar-refractivity contribution < 1.29 is 9.53 Å². The van der Waals surface area contributed by atoms with Crippen molar-refractivity contribution in [1.82, 2.24) is 9.97 Å².